The highest BCUT2D eigenvalue weighted by atomic mass is 16.5. The van der Waals surface area contributed by atoms with Crippen molar-refractivity contribution in [3.63, 3.8) is 0 Å². The Morgan fingerprint density at radius 1 is 1.22 bits per heavy atom. The summed E-state index contributed by atoms with van der Waals surface area (Å²) in [5.74, 6) is 0.706. The molecule has 1 fully saturated rings. The molecule has 18 heavy (non-hydrogen) atoms. The van der Waals surface area contributed by atoms with Gasteiger partial charge in [-0.1, -0.05) is 45.0 Å². The van der Waals surface area contributed by atoms with E-state index in [2.05, 4.69) is 45.0 Å². The van der Waals surface area contributed by atoms with Gasteiger partial charge in [-0.25, -0.2) is 0 Å². The molecule has 1 saturated carbocycles. The van der Waals surface area contributed by atoms with Crippen LogP contribution in [0.1, 0.15) is 50.8 Å². The maximum absolute atomic E-state index is 5.90. The highest BCUT2D eigenvalue weighted by Crippen LogP contribution is 2.43. The molecule has 1 aliphatic carbocycles. The summed E-state index contributed by atoms with van der Waals surface area (Å²) in [6.07, 6.45) is 2.83. The smallest absolute Gasteiger partial charge is 0.0853 e. The minimum absolute atomic E-state index is 0.214. The fourth-order valence-electron chi connectivity index (χ4n) is 2.27. The third-order valence-electron chi connectivity index (χ3n) is 3.57. The molecular formula is C16H25NO. The van der Waals surface area contributed by atoms with Gasteiger partial charge in [0.25, 0.3) is 0 Å². The Kier molecular flexibility index (Phi) is 4.08. The molecule has 0 heterocycles. The SMILES string of the molecule is CC(C)(C)c1ccc(C(OCCN)C2CC2)cc1. The molecule has 2 rings (SSSR count). The van der Waals surface area contributed by atoms with Crippen LogP contribution in [0.3, 0.4) is 0 Å². The van der Waals surface area contributed by atoms with Gasteiger partial charge < -0.3 is 10.5 Å². The van der Waals surface area contributed by atoms with Crippen molar-refractivity contribution in [2.45, 2.75) is 45.1 Å². The van der Waals surface area contributed by atoms with Crippen molar-refractivity contribution in [2.75, 3.05) is 13.2 Å². The van der Waals surface area contributed by atoms with Gasteiger partial charge in [0.05, 0.1) is 12.7 Å². The predicted octanol–water partition coefficient (Wildman–Crippen LogP) is 3.41. The summed E-state index contributed by atoms with van der Waals surface area (Å²) >= 11 is 0. The van der Waals surface area contributed by atoms with E-state index in [4.69, 9.17) is 10.5 Å². The molecule has 0 aliphatic heterocycles. The summed E-state index contributed by atoms with van der Waals surface area (Å²) < 4.78 is 5.90. The lowest BCUT2D eigenvalue weighted by atomic mass is 9.86. The first-order valence-electron chi connectivity index (χ1n) is 6.94. The van der Waals surface area contributed by atoms with Crippen LogP contribution in [0.2, 0.25) is 0 Å². The molecule has 1 aliphatic rings. The van der Waals surface area contributed by atoms with E-state index in [9.17, 15) is 0 Å². The van der Waals surface area contributed by atoms with Crippen molar-refractivity contribution in [3.05, 3.63) is 35.4 Å². The molecule has 1 atom stereocenters. The third-order valence-corrected chi connectivity index (χ3v) is 3.57. The fourth-order valence-corrected chi connectivity index (χ4v) is 2.27. The lowest BCUT2D eigenvalue weighted by Crippen LogP contribution is -2.15. The summed E-state index contributed by atoms with van der Waals surface area (Å²) in [6, 6.07) is 8.91. The second kappa shape index (κ2) is 5.41. The van der Waals surface area contributed by atoms with Crippen LogP contribution in [-0.4, -0.2) is 13.2 Å². The van der Waals surface area contributed by atoms with E-state index in [1.807, 2.05) is 0 Å². The van der Waals surface area contributed by atoms with Crippen molar-refractivity contribution < 1.29 is 4.74 Å². The zero-order valence-corrected chi connectivity index (χ0v) is 11.8. The molecule has 1 aromatic rings. The molecule has 1 aromatic carbocycles. The van der Waals surface area contributed by atoms with Crippen molar-refractivity contribution in [1.29, 1.82) is 0 Å². The van der Waals surface area contributed by atoms with Crippen LogP contribution in [0.5, 0.6) is 0 Å². The molecule has 2 heteroatoms. The number of benzene rings is 1. The standard InChI is InChI=1S/C16H25NO/c1-16(2,3)14-8-6-13(7-9-14)15(12-4-5-12)18-11-10-17/h6-9,12,15H,4-5,10-11,17H2,1-3H3. The Labute approximate surface area is 111 Å². The van der Waals surface area contributed by atoms with Crippen molar-refractivity contribution >= 4 is 0 Å². The number of hydrogen-bond acceptors (Lipinski definition) is 2. The monoisotopic (exact) mass is 247 g/mol. The second-order valence-corrected chi connectivity index (χ2v) is 6.29. The van der Waals surface area contributed by atoms with Gasteiger partial charge in [-0.3, -0.25) is 0 Å². The van der Waals surface area contributed by atoms with E-state index in [0.29, 0.717) is 19.1 Å². The summed E-state index contributed by atoms with van der Waals surface area (Å²) in [4.78, 5) is 0. The molecule has 2 N–H and O–H groups in total. The van der Waals surface area contributed by atoms with Gasteiger partial charge in [0.15, 0.2) is 0 Å². The molecule has 0 spiro atoms. The van der Waals surface area contributed by atoms with E-state index in [-0.39, 0.29) is 11.5 Å². The highest BCUT2D eigenvalue weighted by molar-refractivity contribution is 5.29. The minimum Gasteiger partial charge on any atom is -0.372 e. The summed E-state index contributed by atoms with van der Waals surface area (Å²) in [5.41, 5.74) is 8.42. The Bertz CT molecular complexity index is 373. The molecular weight excluding hydrogens is 222 g/mol. The van der Waals surface area contributed by atoms with Gasteiger partial charge >= 0.3 is 0 Å². The highest BCUT2D eigenvalue weighted by Gasteiger charge is 2.33. The average Bonchev–Trinajstić information content (AvgIpc) is 3.13. The van der Waals surface area contributed by atoms with E-state index in [1.165, 1.54) is 24.0 Å². The minimum atomic E-state index is 0.214. The summed E-state index contributed by atoms with van der Waals surface area (Å²) in [5, 5.41) is 0. The van der Waals surface area contributed by atoms with E-state index in [0.717, 1.165) is 0 Å². The van der Waals surface area contributed by atoms with Crippen molar-refractivity contribution in [3.8, 4) is 0 Å². The number of ether oxygens (including phenoxy) is 1. The van der Waals surface area contributed by atoms with Gasteiger partial charge in [0.2, 0.25) is 0 Å². The van der Waals surface area contributed by atoms with Crippen molar-refractivity contribution in [1.82, 2.24) is 0 Å². The second-order valence-electron chi connectivity index (χ2n) is 6.29. The average molecular weight is 247 g/mol. The molecule has 0 aromatic heterocycles. The Morgan fingerprint density at radius 3 is 2.28 bits per heavy atom. The molecule has 2 nitrogen and oxygen atoms in total. The van der Waals surface area contributed by atoms with Gasteiger partial charge in [0, 0.05) is 6.54 Å². The zero-order chi connectivity index (χ0) is 13.2. The first-order valence-corrected chi connectivity index (χ1v) is 6.94. The van der Waals surface area contributed by atoms with Crippen LogP contribution in [0.15, 0.2) is 24.3 Å². The van der Waals surface area contributed by atoms with Crippen LogP contribution in [0.4, 0.5) is 0 Å². The maximum Gasteiger partial charge on any atom is 0.0853 e. The van der Waals surface area contributed by atoms with Crippen molar-refractivity contribution in [2.24, 2.45) is 11.7 Å². The maximum atomic E-state index is 5.90. The Hall–Kier alpha value is -0.860. The van der Waals surface area contributed by atoms with Crippen LogP contribution in [0, 0.1) is 5.92 Å². The molecule has 0 bridgehead atoms. The summed E-state index contributed by atoms with van der Waals surface area (Å²) in [7, 11) is 0. The Balaban J connectivity index is 2.11. The van der Waals surface area contributed by atoms with Gasteiger partial charge in [-0.15, -0.1) is 0 Å². The number of rotatable bonds is 5. The number of nitrogens with two attached hydrogens (primary N) is 1. The molecule has 0 radical (unpaired) electrons. The quantitative estimate of drug-likeness (QED) is 0.865. The van der Waals surface area contributed by atoms with Gasteiger partial charge in [-0.2, -0.15) is 0 Å². The third kappa shape index (κ3) is 3.33. The number of hydrogen-bond donors (Lipinski definition) is 1. The van der Waals surface area contributed by atoms with Gasteiger partial charge in [-0.05, 0) is 35.3 Å². The molecule has 0 amide bonds. The van der Waals surface area contributed by atoms with E-state index in [1.54, 1.807) is 0 Å². The van der Waals surface area contributed by atoms with Gasteiger partial charge in [0.1, 0.15) is 0 Å². The summed E-state index contributed by atoms with van der Waals surface area (Å²) in [6.45, 7) is 7.98. The van der Waals surface area contributed by atoms with Crippen LogP contribution in [0.25, 0.3) is 0 Å². The Morgan fingerprint density at radius 2 is 1.83 bits per heavy atom. The van der Waals surface area contributed by atoms with Crippen LogP contribution in [-0.2, 0) is 10.2 Å². The lowest BCUT2D eigenvalue weighted by Gasteiger charge is -2.22. The fraction of sp³-hybridized carbons (Fsp3) is 0.625. The molecule has 0 saturated heterocycles. The predicted molar refractivity (Wildman–Crippen MR) is 75.6 cm³/mol. The normalized spacial score (nSPS) is 17.8. The van der Waals surface area contributed by atoms with Crippen LogP contribution < -0.4 is 5.73 Å². The first kappa shape index (κ1) is 13.6. The molecule has 100 valence electrons. The van der Waals surface area contributed by atoms with E-state index >= 15 is 0 Å². The van der Waals surface area contributed by atoms with E-state index < -0.39 is 0 Å². The lowest BCUT2D eigenvalue weighted by molar-refractivity contribution is 0.0424. The van der Waals surface area contributed by atoms with Crippen LogP contribution >= 0.6 is 0 Å². The zero-order valence-electron chi connectivity index (χ0n) is 11.8. The molecule has 1 unspecified atom stereocenters. The largest absolute Gasteiger partial charge is 0.372 e. The first-order chi connectivity index (χ1) is 8.52. The topological polar surface area (TPSA) is 35.2 Å².